The first kappa shape index (κ1) is 23.1. The summed E-state index contributed by atoms with van der Waals surface area (Å²) in [5.74, 6) is -0.334. The molecule has 0 aliphatic carbocycles. The zero-order valence-corrected chi connectivity index (χ0v) is 18.5. The van der Waals surface area contributed by atoms with E-state index < -0.39 is 5.97 Å². The van der Waals surface area contributed by atoms with Gasteiger partial charge >= 0.3 is 5.97 Å². The zero-order chi connectivity index (χ0) is 23.1. The maximum atomic E-state index is 12.3. The number of methoxy groups -OCH3 is 1. The SMILES string of the molecule is COc1ccc(-c2ccc(C#N)c(SCCC(=O)Nc3cc(C(=O)O)ccc3Cl)n2)cc1. The Morgan fingerprint density at radius 1 is 1.19 bits per heavy atom. The number of aromatic carboxylic acids is 1. The second-order valence-corrected chi connectivity index (χ2v) is 8.03. The summed E-state index contributed by atoms with van der Waals surface area (Å²) in [6, 6.07) is 17.1. The topological polar surface area (TPSA) is 112 Å². The molecule has 3 aromatic rings. The van der Waals surface area contributed by atoms with Gasteiger partial charge in [-0.3, -0.25) is 4.79 Å². The molecule has 0 unspecified atom stereocenters. The van der Waals surface area contributed by atoms with Crippen molar-refractivity contribution in [2.75, 3.05) is 18.2 Å². The number of ether oxygens (including phenoxy) is 1. The third-order valence-corrected chi connectivity index (χ3v) is 5.74. The van der Waals surface area contributed by atoms with Crippen LogP contribution < -0.4 is 10.1 Å². The van der Waals surface area contributed by atoms with Crippen LogP contribution in [0, 0.1) is 11.3 Å². The molecule has 1 heterocycles. The quantitative estimate of drug-likeness (QED) is 0.443. The molecule has 1 amide bonds. The number of amides is 1. The largest absolute Gasteiger partial charge is 0.497 e. The number of carboxylic acid groups (broad SMARTS) is 1. The summed E-state index contributed by atoms with van der Waals surface area (Å²) in [4.78, 5) is 28.0. The van der Waals surface area contributed by atoms with Crippen molar-refractivity contribution in [3.8, 4) is 23.1 Å². The summed E-state index contributed by atoms with van der Waals surface area (Å²) in [6.07, 6.45) is 0.123. The Balaban J connectivity index is 1.66. The van der Waals surface area contributed by atoms with Crippen LogP contribution >= 0.6 is 23.4 Å². The van der Waals surface area contributed by atoms with Crippen LogP contribution in [0.3, 0.4) is 0 Å². The normalized spacial score (nSPS) is 10.3. The molecule has 0 radical (unpaired) electrons. The molecule has 1 aromatic heterocycles. The number of halogens is 1. The minimum absolute atomic E-state index is 0.0253. The van der Waals surface area contributed by atoms with E-state index in [1.54, 1.807) is 19.2 Å². The lowest BCUT2D eigenvalue weighted by molar-refractivity contribution is -0.115. The van der Waals surface area contributed by atoms with Crippen molar-refractivity contribution in [1.82, 2.24) is 4.98 Å². The molecular formula is C23H18ClN3O4S. The molecule has 0 aliphatic rings. The molecule has 2 N–H and O–H groups in total. The highest BCUT2D eigenvalue weighted by Gasteiger charge is 2.12. The number of nitrogens with one attached hydrogen (secondary N) is 1. The number of nitriles is 1. The molecular weight excluding hydrogens is 450 g/mol. The lowest BCUT2D eigenvalue weighted by Gasteiger charge is -2.09. The van der Waals surface area contributed by atoms with E-state index in [0.29, 0.717) is 22.0 Å². The third-order valence-electron chi connectivity index (χ3n) is 4.42. The zero-order valence-electron chi connectivity index (χ0n) is 17.0. The monoisotopic (exact) mass is 467 g/mol. The molecule has 0 atom stereocenters. The molecule has 0 aliphatic heterocycles. The summed E-state index contributed by atoms with van der Waals surface area (Å²) in [5.41, 5.74) is 2.26. The molecule has 0 spiro atoms. The van der Waals surface area contributed by atoms with E-state index >= 15 is 0 Å². The fourth-order valence-corrected chi connectivity index (χ4v) is 3.84. The number of carboxylic acids is 1. The number of carbonyl (C=O) groups excluding carboxylic acids is 1. The van der Waals surface area contributed by atoms with Gasteiger partial charge in [0.25, 0.3) is 0 Å². The lowest BCUT2D eigenvalue weighted by atomic mass is 10.1. The summed E-state index contributed by atoms with van der Waals surface area (Å²) in [7, 11) is 1.59. The van der Waals surface area contributed by atoms with Crippen LogP contribution in [0.5, 0.6) is 5.75 Å². The second kappa shape index (κ2) is 10.7. The van der Waals surface area contributed by atoms with Gasteiger partial charge in [0.15, 0.2) is 0 Å². The van der Waals surface area contributed by atoms with Crippen molar-refractivity contribution >= 4 is 40.9 Å². The van der Waals surface area contributed by atoms with Gasteiger partial charge in [0.1, 0.15) is 16.8 Å². The fraction of sp³-hybridized carbons (Fsp3) is 0.130. The highest BCUT2D eigenvalue weighted by Crippen LogP contribution is 2.27. The average molecular weight is 468 g/mol. The first-order valence-corrected chi connectivity index (χ1v) is 10.8. The van der Waals surface area contributed by atoms with Gasteiger partial charge in [0, 0.05) is 17.7 Å². The lowest BCUT2D eigenvalue weighted by Crippen LogP contribution is -2.13. The number of anilines is 1. The van der Waals surface area contributed by atoms with Crippen LogP contribution in [0.1, 0.15) is 22.3 Å². The molecule has 3 rings (SSSR count). The van der Waals surface area contributed by atoms with Crippen LogP contribution in [-0.2, 0) is 4.79 Å². The van der Waals surface area contributed by atoms with Crippen LogP contribution in [0.25, 0.3) is 11.3 Å². The number of carbonyl (C=O) groups is 2. The second-order valence-electron chi connectivity index (χ2n) is 6.54. The van der Waals surface area contributed by atoms with Crippen molar-refractivity contribution in [2.45, 2.75) is 11.4 Å². The Morgan fingerprint density at radius 3 is 2.59 bits per heavy atom. The molecule has 2 aromatic carbocycles. The molecule has 0 saturated heterocycles. The summed E-state index contributed by atoms with van der Waals surface area (Å²) in [6.45, 7) is 0. The average Bonchev–Trinajstić information content (AvgIpc) is 2.80. The van der Waals surface area contributed by atoms with Crippen molar-refractivity contribution in [1.29, 1.82) is 5.26 Å². The van der Waals surface area contributed by atoms with Crippen molar-refractivity contribution in [3.63, 3.8) is 0 Å². The van der Waals surface area contributed by atoms with E-state index in [1.807, 2.05) is 24.3 Å². The van der Waals surface area contributed by atoms with Crippen molar-refractivity contribution in [2.24, 2.45) is 0 Å². The van der Waals surface area contributed by atoms with Crippen LogP contribution in [0.4, 0.5) is 5.69 Å². The van der Waals surface area contributed by atoms with E-state index in [9.17, 15) is 14.9 Å². The first-order valence-electron chi connectivity index (χ1n) is 9.42. The Labute approximate surface area is 194 Å². The molecule has 9 heteroatoms. The third kappa shape index (κ3) is 5.78. The van der Waals surface area contributed by atoms with Gasteiger partial charge in [-0.2, -0.15) is 5.26 Å². The Hall–Kier alpha value is -3.54. The first-order chi connectivity index (χ1) is 15.4. The number of pyridine rings is 1. The van der Waals surface area contributed by atoms with E-state index in [2.05, 4.69) is 16.4 Å². The van der Waals surface area contributed by atoms with Gasteiger partial charge < -0.3 is 15.2 Å². The number of benzene rings is 2. The number of rotatable bonds is 8. The predicted molar refractivity (Wildman–Crippen MR) is 123 cm³/mol. The molecule has 0 bridgehead atoms. The summed E-state index contributed by atoms with van der Waals surface area (Å²) in [5, 5.41) is 21.9. The van der Waals surface area contributed by atoms with E-state index in [4.69, 9.17) is 21.4 Å². The summed E-state index contributed by atoms with van der Waals surface area (Å²) < 4.78 is 5.17. The van der Waals surface area contributed by atoms with Gasteiger partial charge in [0.2, 0.25) is 5.91 Å². The molecule has 162 valence electrons. The highest BCUT2D eigenvalue weighted by atomic mass is 35.5. The van der Waals surface area contributed by atoms with Crippen molar-refractivity contribution in [3.05, 3.63) is 70.7 Å². The number of hydrogen-bond donors (Lipinski definition) is 2. The number of thioether (sulfide) groups is 1. The van der Waals surface area contributed by atoms with Gasteiger partial charge in [-0.15, -0.1) is 11.8 Å². The van der Waals surface area contributed by atoms with Crippen LogP contribution in [-0.4, -0.2) is 34.8 Å². The van der Waals surface area contributed by atoms with Crippen LogP contribution in [0.15, 0.2) is 59.6 Å². The van der Waals surface area contributed by atoms with E-state index in [-0.39, 0.29) is 28.6 Å². The molecule has 0 saturated carbocycles. The van der Waals surface area contributed by atoms with Gasteiger partial charge in [-0.1, -0.05) is 11.6 Å². The van der Waals surface area contributed by atoms with E-state index in [1.165, 1.54) is 30.0 Å². The predicted octanol–water partition coefficient (Wildman–Crippen LogP) is 5.10. The number of aromatic nitrogens is 1. The Kier molecular flexibility index (Phi) is 7.71. The van der Waals surface area contributed by atoms with E-state index in [0.717, 1.165) is 11.3 Å². The number of hydrogen-bond acceptors (Lipinski definition) is 6. The maximum absolute atomic E-state index is 12.3. The summed E-state index contributed by atoms with van der Waals surface area (Å²) >= 11 is 7.34. The number of nitrogens with zero attached hydrogens (tertiary/aromatic N) is 2. The standard InChI is InChI=1S/C23H18ClN3O4S/c1-31-17-6-2-14(3-7-17)19-9-5-16(13-25)22(27-19)32-11-10-21(28)26-20-12-15(23(29)30)4-8-18(20)24/h2-9,12H,10-11H2,1H3,(H,26,28)(H,29,30). The van der Waals surface area contributed by atoms with Gasteiger partial charge in [-0.25, -0.2) is 9.78 Å². The minimum atomic E-state index is -1.11. The molecule has 32 heavy (non-hydrogen) atoms. The molecule has 0 fully saturated rings. The minimum Gasteiger partial charge on any atom is -0.497 e. The molecule has 7 nitrogen and oxygen atoms in total. The fourth-order valence-electron chi connectivity index (χ4n) is 2.77. The van der Waals surface area contributed by atoms with Gasteiger partial charge in [0.05, 0.1) is 34.6 Å². The maximum Gasteiger partial charge on any atom is 0.335 e. The van der Waals surface area contributed by atoms with Crippen LogP contribution in [0.2, 0.25) is 5.02 Å². The Bertz CT molecular complexity index is 1190. The Morgan fingerprint density at radius 2 is 1.94 bits per heavy atom. The van der Waals surface area contributed by atoms with Crippen molar-refractivity contribution < 1.29 is 19.4 Å². The smallest absolute Gasteiger partial charge is 0.335 e. The van der Waals surface area contributed by atoms with Gasteiger partial charge in [-0.05, 0) is 54.6 Å². The highest BCUT2D eigenvalue weighted by molar-refractivity contribution is 7.99.